The van der Waals surface area contributed by atoms with Crippen LogP contribution in [0.15, 0.2) is 0 Å². The van der Waals surface area contributed by atoms with Gasteiger partial charge in [0.1, 0.15) is 0 Å². The third kappa shape index (κ3) is 2.57. The van der Waals surface area contributed by atoms with Crippen LogP contribution in [0.25, 0.3) is 0 Å². The predicted molar refractivity (Wildman–Crippen MR) is 39.8 cm³/mol. The fourth-order valence-electron chi connectivity index (χ4n) is 1.04. The lowest BCUT2D eigenvalue weighted by molar-refractivity contribution is -0.120. The van der Waals surface area contributed by atoms with Crippen molar-refractivity contribution in [2.24, 2.45) is 0 Å². The first-order chi connectivity index (χ1) is 5.09. The summed E-state index contributed by atoms with van der Waals surface area (Å²) in [7, 11) is 0. The summed E-state index contributed by atoms with van der Waals surface area (Å²) in [5.41, 5.74) is 0. The third-order valence-electron chi connectivity index (χ3n) is 1.57. The second-order valence-corrected chi connectivity index (χ2v) is 2.85. The SMILES string of the molecule is CC(=O)NC1CC1NC(C)=O. The number of hydrogen-bond acceptors (Lipinski definition) is 2. The Hall–Kier alpha value is -1.06. The van der Waals surface area contributed by atoms with Crippen molar-refractivity contribution in [2.75, 3.05) is 0 Å². The third-order valence-corrected chi connectivity index (χ3v) is 1.57. The van der Waals surface area contributed by atoms with Crippen LogP contribution in [-0.4, -0.2) is 23.9 Å². The molecule has 4 heteroatoms. The van der Waals surface area contributed by atoms with Crippen LogP contribution < -0.4 is 10.6 Å². The molecule has 4 nitrogen and oxygen atoms in total. The number of carbonyl (C=O) groups is 2. The Morgan fingerprint density at radius 1 is 1.09 bits per heavy atom. The van der Waals surface area contributed by atoms with Crippen molar-refractivity contribution in [3.63, 3.8) is 0 Å². The van der Waals surface area contributed by atoms with Gasteiger partial charge in [0.05, 0.1) is 12.1 Å². The van der Waals surface area contributed by atoms with Crippen LogP contribution in [0.4, 0.5) is 0 Å². The molecular weight excluding hydrogens is 144 g/mol. The van der Waals surface area contributed by atoms with Crippen LogP contribution in [0.1, 0.15) is 20.3 Å². The molecule has 0 aromatic rings. The summed E-state index contributed by atoms with van der Waals surface area (Å²) in [5.74, 6) is -0.0781. The maximum atomic E-state index is 10.5. The van der Waals surface area contributed by atoms with E-state index >= 15 is 0 Å². The van der Waals surface area contributed by atoms with E-state index < -0.39 is 0 Å². The molecule has 0 bridgehead atoms. The van der Waals surface area contributed by atoms with E-state index in [4.69, 9.17) is 0 Å². The van der Waals surface area contributed by atoms with Crippen molar-refractivity contribution >= 4 is 11.8 Å². The van der Waals surface area contributed by atoms with E-state index in [0.717, 1.165) is 6.42 Å². The summed E-state index contributed by atoms with van der Waals surface area (Å²) in [5, 5.41) is 5.44. The van der Waals surface area contributed by atoms with Gasteiger partial charge < -0.3 is 10.6 Å². The largest absolute Gasteiger partial charge is 0.351 e. The van der Waals surface area contributed by atoms with Gasteiger partial charge in [-0.1, -0.05) is 0 Å². The van der Waals surface area contributed by atoms with E-state index in [9.17, 15) is 9.59 Å². The van der Waals surface area contributed by atoms with Gasteiger partial charge in [-0.25, -0.2) is 0 Å². The molecule has 0 aromatic carbocycles. The minimum absolute atomic E-state index is 0.0390. The zero-order chi connectivity index (χ0) is 8.43. The van der Waals surface area contributed by atoms with Crippen LogP contribution in [0, 0.1) is 0 Å². The number of rotatable bonds is 2. The fourth-order valence-corrected chi connectivity index (χ4v) is 1.04. The molecule has 0 saturated heterocycles. The molecule has 2 N–H and O–H groups in total. The quantitative estimate of drug-likeness (QED) is 0.561. The highest BCUT2D eigenvalue weighted by molar-refractivity contribution is 5.76. The monoisotopic (exact) mass is 156 g/mol. The normalized spacial score (nSPS) is 27.5. The first-order valence-electron chi connectivity index (χ1n) is 3.64. The fraction of sp³-hybridized carbons (Fsp3) is 0.714. The number of carbonyl (C=O) groups excluding carboxylic acids is 2. The van der Waals surface area contributed by atoms with Gasteiger partial charge in [-0.2, -0.15) is 0 Å². The van der Waals surface area contributed by atoms with Gasteiger partial charge >= 0.3 is 0 Å². The minimum atomic E-state index is -0.0390. The molecule has 11 heavy (non-hydrogen) atoms. The number of amides is 2. The van der Waals surface area contributed by atoms with E-state index in [2.05, 4.69) is 10.6 Å². The van der Waals surface area contributed by atoms with Crippen LogP contribution in [0.3, 0.4) is 0 Å². The summed E-state index contributed by atoms with van der Waals surface area (Å²) in [6.07, 6.45) is 0.860. The first-order valence-corrected chi connectivity index (χ1v) is 3.64. The van der Waals surface area contributed by atoms with Crippen molar-refractivity contribution in [2.45, 2.75) is 32.4 Å². The van der Waals surface area contributed by atoms with Gasteiger partial charge in [-0.05, 0) is 6.42 Å². The van der Waals surface area contributed by atoms with E-state index in [1.54, 1.807) is 0 Å². The Morgan fingerprint density at radius 2 is 1.45 bits per heavy atom. The van der Waals surface area contributed by atoms with Crippen LogP contribution >= 0.6 is 0 Å². The smallest absolute Gasteiger partial charge is 0.217 e. The molecule has 1 aliphatic carbocycles. The number of nitrogens with one attached hydrogen (secondary N) is 2. The summed E-state index contributed by atoms with van der Waals surface area (Å²) >= 11 is 0. The molecular formula is C7H12N2O2. The Bertz CT molecular complexity index is 171. The van der Waals surface area contributed by atoms with E-state index in [1.807, 2.05) is 0 Å². The Kier molecular flexibility index (Phi) is 2.12. The van der Waals surface area contributed by atoms with Gasteiger partial charge in [-0.3, -0.25) is 9.59 Å². The van der Waals surface area contributed by atoms with Gasteiger partial charge in [0.25, 0.3) is 0 Å². The molecule has 0 aromatic heterocycles. The van der Waals surface area contributed by atoms with E-state index in [0.29, 0.717) is 0 Å². The zero-order valence-corrected chi connectivity index (χ0v) is 6.68. The average Bonchev–Trinajstić information content (AvgIpc) is 2.43. The predicted octanol–water partition coefficient (Wildman–Crippen LogP) is -0.601. The Morgan fingerprint density at radius 3 is 1.73 bits per heavy atom. The summed E-state index contributed by atoms with van der Waals surface area (Å²) in [6, 6.07) is 0.327. The molecule has 2 amide bonds. The molecule has 62 valence electrons. The molecule has 1 saturated carbocycles. The van der Waals surface area contributed by atoms with Gasteiger partial charge in [0.2, 0.25) is 11.8 Å². The molecule has 0 radical (unpaired) electrons. The highest BCUT2D eigenvalue weighted by Crippen LogP contribution is 2.20. The average molecular weight is 156 g/mol. The van der Waals surface area contributed by atoms with Crippen molar-refractivity contribution in [3.8, 4) is 0 Å². The highest BCUT2D eigenvalue weighted by atomic mass is 16.2. The molecule has 0 spiro atoms. The molecule has 2 unspecified atom stereocenters. The van der Waals surface area contributed by atoms with Gasteiger partial charge in [0, 0.05) is 13.8 Å². The van der Waals surface area contributed by atoms with Crippen LogP contribution in [0.2, 0.25) is 0 Å². The lowest BCUT2D eigenvalue weighted by atomic mass is 10.5. The lowest BCUT2D eigenvalue weighted by Gasteiger charge is -2.00. The van der Waals surface area contributed by atoms with Gasteiger partial charge in [-0.15, -0.1) is 0 Å². The minimum Gasteiger partial charge on any atom is -0.351 e. The van der Waals surface area contributed by atoms with Crippen molar-refractivity contribution in [1.29, 1.82) is 0 Å². The van der Waals surface area contributed by atoms with E-state index in [-0.39, 0.29) is 23.9 Å². The highest BCUT2D eigenvalue weighted by Gasteiger charge is 2.38. The summed E-state index contributed by atoms with van der Waals surface area (Å²) in [4.78, 5) is 21.0. The molecule has 0 heterocycles. The van der Waals surface area contributed by atoms with Crippen molar-refractivity contribution in [3.05, 3.63) is 0 Å². The summed E-state index contributed by atoms with van der Waals surface area (Å²) in [6.45, 7) is 2.95. The maximum absolute atomic E-state index is 10.5. The lowest BCUT2D eigenvalue weighted by Crippen LogP contribution is -2.32. The van der Waals surface area contributed by atoms with Crippen molar-refractivity contribution < 1.29 is 9.59 Å². The van der Waals surface area contributed by atoms with Crippen molar-refractivity contribution in [1.82, 2.24) is 10.6 Å². The molecule has 0 aliphatic heterocycles. The standard InChI is InChI=1S/C7H12N2O2/c1-4(10)8-6-3-7(6)9-5(2)11/h6-7H,3H2,1-2H3,(H,8,10)(H,9,11). The van der Waals surface area contributed by atoms with Gasteiger partial charge in [0.15, 0.2) is 0 Å². The second kappa shape index (κ2) is 2.90. The molecule has 1 rings (SSSR count). The Labute approximate surface area is 65.3 Å². The number of hydrogen-bond donors (Lipinski definition) is 2. The maximum Gasteiger partial charge on any atom is 0.217 e. The summed E-state index contributed by atoms with van der Waals surface area (Å²) < 4.78 is 0. The molecule has 1 fully saturated rings. The topological polar surface area (TPSA) is 58.2 Å². The van der Waals surface area contributed by atoms with E-state index in [1.165, 1.54) is 13.8 Å². The molecule has 1 aliphatic rings. The Balaban J connectivity index is 2.16. The zero-order valence-electron chi connectivity index (χ0n) is 6.68. The second-order valence-electron chi connectivity index (χ2n) is 2.85. The van der Waals surface area contributed by atoms with Crippen LogP contribution in [-0.2, 0) is 9.59 Å². The van der Waals surface area contributed by atoms with Crippen LogP contribution in [0.5, 0.6) is 0 Å². The first kappa shape index (κ1) is 8.04. The molecule has 2 atom stereocenters.